The Morgan fingerprint density at radius 1 is 0.978 bits per heavy atom. The van der Waals surface area contributed by atoms with Crippen LogP contribution < -0.4 is 24.4 Å². The van der Waals surface area contributed by atoms with Crippen molar-refractivity contribution < 1.29 is 41.3 Å². The lowest BCUT2D eigenvalue weighted by Gasteiger charge is -2.32. The summed E-state index contributed by atoms with van der Waals surface area (Å²) in [5, 5.41) is 13.4. The van der Waals surface area contributed by atoms with E-state index in [9.17, 15) is 22.7 Å². The number of phenolic OH excluding ortho intramolecular Hbond substituents is 1. The maximum atomic E-state index is 16.8. The van der Waals surface area contributed by atoms with E-state index in [0.29, 0.717) is 38.6 Å². The van der Waals surface area contributed by atoms with Crippen LogP contribution in [0.4, 0.5) is 27.8 Å². The van der Waals surface area contributed by atoms with Gasteiger partial charge in [0.25, 0.3) is 0 Å². The molecule has 0 atom stereocenters. The molecule has 0 unspecified atom stereocenters. The number of nitrogens with one attached hydrogen (secondary N) is 1. The first kappa shape index (κ1) is 30.4. The smallest absolute Gasteiger partial charge is 0.508 e. The molecular formula is C31H31F5N6O4. The summed E-state index contributed by atoms with van der Waals surface area (Å²) in [6, 6.07) is 3.95. The van der Waals surface area contributed by atoms with Crippen molar-refractivity contribution in [3.63, 3.8) is 0 Å². The molecule has 0 amide bonds. The number of pyridine rings is 1. The topological polar surface area (TPSA) is 105 Å². The van der Waals surface area contributed by atoms with Crippen LogP contribution >= 0.6 is 0 Å². The minimum atomic E-state index is -5.26. The van der Waals surface area contributed by atoms with Gasteiger partial charge in [-0.25, -0.2) is 13.8 Å². The Kier molecular flexibility index (Phi) is 7.62. The molecule has 10 nitrogen and oxygen atoms in total. The second-order valence-corrected chi connectivity index (χ2v) is 11.8. The van der Waals surface area contributed by atoms with Gasteiger partial charge >= 0.3 is 12.4 Å². The van der Waals surface area contributed by atoms with Gasteiger partial charge in [-0.05, 0) is 62.4 Å². The fourth-order valence-electron chi connectivity index (χ4n) is 7.05. The number of hydrogen-bond donors (Lipinski definition) is 2. The molecule has 0 aliphatic carbocycles. The Hall–Kier alpha value is -4.24. The fraction of sp³-hybridized carbons (Fsp3) is 0.452. The molecule has 7 rings (SSSR count). The van der Waals surface area contributed by atoms with Crippen LogP contribution in [0.5, 0.6) is 23.4 Å². The van der Waals surface area contributed by atoms with Crippen LogP contribution in [-0.4, -0.2) is 89.8 Å². The molecule has 3 saturated heterocycles. The molecule has 244 valence electrons. The first-order valence-electron chi connectivity index (χ1n) is 15.1. The number of rotatable bonds is 7. The van der Waals surface area contributed by atoms with Crippen molar-refractivity contribution in [3.05, 3.63) is 35.9 Å². The number of ether oxygens (including phenoxy) is 3. The van der Waals surface area contributed by atoms with E-state index < -0.39 is 40.6 Å². The zero-order valence-corrected chi connectivity index (χ0v) is 24.9. The third-order valence-electron chi connectivity index (χ3n) is 9.08. The predicted molar refractivity (Wildman–Crippen MR) is 158 cm³/mol. The highest BCUT2D eigenvalue weighted by Crippen LogP contribution is 2.45. The van der Waals surface area contributed by atoms with Gasteiger partial charge in [0.05, 0.1) is 12.6 Å². The van der Waals surface area contributed by atoms with Crippen LogP contribution in [0.2, 0.25) is 0 Å². The standard InChI is InChI=1S/C31H31F5N6O4/c1-44-28-22-25(23(33)24(38-28)19-15-18(43)14-17-4-5-20(32)26(21(17)19)46-31(34,35)36)39-29(40-27(22)41-12-8-37-9-13-41)45-16-30-6-2-10-42(30)11-3-7-30/h4-5,14-15,37,43H,2-3,6-13,16H2,1H3. The molecule has 3 fully saturated rings. The normalized spacial score (nSPS) is 18.3. The van der Waals surface area contributed by atoms with Gasteiger partial charge in [-0.2, -0.15) is 9.97 Å². The largest absolute Gasteiger partial charge is 0.573 e. The van der Waals surface area contributed by atoms with Crippen LogP contribution in [-0.2, 0) is 0 Å². The quantitative estimate of drug-likeness (QED) is 0.262. The number of halogens is 5. The van der Waals surface area contributed by atoms with E-state index >= 15 is 4.39 Å². The summed E-state index contributed by atoms with van der Waals surface area (Å²) in [4.78, 5) is 17.9. The number of fused-ring (bicyclic) bond motifs is 3. The first-order chi connectivity index (χ1) is 22.1. The number of phenols is 1. The molecule has 0 saturated carbocycles. The lowest BCUT2D eigenvalue weighted by Crippen LogP contribution is -2.44. The molecule has 2 aromatic heterocycles. The summed E-state index contributed by atoms with van der Waals surface area (Å²) in [6.07, 6.45) is -1.24. The van der Waals surface area contributed by atoms with Crippen molar-refractivity contribution in [3.8, 4) is 34.6 Å². The number of aromatic nitrogens is 3. The van der Waals surface area contributed by atoms with E-state index in [1.54, 1.807) is 0 Å². The lowest BCUT2D eigenvalue weighted by molar-refractivity contribution is -0.275. The number of piperazine rings is 1. The zero-order valence-electron chi connectivity index (χ0n) is 24.9. The summed E-state index contributed by atoms with van der Waals surface area (Å²) < 4.78 is 87.8. The van der Waals surface area contributed by atoms with Crippen molar-refractivity contribution in [1.29, 1.82) is 0 Å². The second-order valence-electron chi connectivity index (χ2n) is 11.8. The molecule has 0 spiro atoms. The van der Waals surface area contributed by atoms with E-state index in [1.807, 2.05) is 4.90 Å². The molecule has 2 N–H and O–H groups in total. The fourth-order valence-corrected chi connectivity index (χ4v) is 7.05. The van der Waals surface area contributed by atoms with Crippen LogP contribution in [0.1, 0.15) is 25.7 Å². The molecule has 46 heavy (non-hydrogen) atoms. The Balaban J connectivity index is 1.44. The molecule has 3 aliphatic heterocycles. The van der Waals surface area contributed by atoms with Crippen molar-refractivity contribution >= 4 is 27.5 Å². The SMILES string of the molecule is COc1nc(-c2cc(O)cc3ccc(F)c(OC(F)(F)F)c23)c(F)c2nc(OCC34CCCN3CCC4)nc(N3CCNCC3)c12. The van der Waals surface area contributed by atoms with Crippen LogP contribution in [0.25, 0.3) is 32.9 Å². The van der Waals surface area contributed by atoms with Crippen molar-refractivity contribution in [2.75, 3.05) is 57.9 Å². The number of anilines is 1. The second kappa shape index (κ2) is 11.5. The number of aromatic hydroxyl groups is 1. The van der Waals surface area contributed by atoms with Crippen molar-refractivity contribution in [2.45, 2.75) is 37.6 Å². The molecule has 2 aromatic carbocycles. The van der Waals surface area contributed by atoms with Gasteiger partial charge in [-0.1, -0.05) is 6.07 Å². The molecule has 5 heterocycles. The molecule has 0 radical (unpaired) electrons. The van der Waals surface area contributed by atoms with Gasteiger partial charge in [-0.3, -0.25) is 4.90 Å². The summed E-state index contributed by atoms with van der Waals surface area (Å²) in [5.74, 6) is -3.78. The van der Waals surface area contributed by atoms with E-state index in [0.717, 1.165) is 63.0 Å². The Morgan fingerprint density at radius 2 is 1.72 bits per heavy atom. The number of methoxy groups -OCH3 is 1. The van der Waals surface area contributed by atoms with Crippen LogP contribution in [0.15, 0.2) is 24.3 Å². The van der Waals surface area contributed by atoms with Gasteiger partial charge < -0.3 is 29.5 Å². The van der Waals surface area contributed by atoms with E-state index in [1.165, 1.54) is 7.11 Å². The minimum Gasteiger partial charge on any atom is -0.508 e. The number of nitrogens with zero attached hydrogens (tertiary/aromatic N) is 5. The number of hydrogen-bond acceptors (Lipinski definition) is 10. The predicted octanol–water partition coefficient (Wildman–Crippen LogP) is 5.15. The maximum absolute atomic E-state index is 16.8. The summed E-state index contributed by atoms with van der Waals surface area (Å²) in [5.41, 5.74) is -1.29. The van der Waals surface area contributed by atoms with Gasteiger partial charge in [-0.15, -0.1) is 13.2 Å². The third kappa shape index (κ3) is 5.34. The zero-order chi connectivity index (χ0) is 32.2. The molecule has 0 bridgehead atoms. The van der Waals surface area contributed by atoms with Crippen LogP contribution in [0, 0.1) is 11.6 Å². The molecule has 3 aliphatic rings. The molecular weight excluding hydrogens is 615 g/mol. The molecule has 15 heteroatoms. The van der Waals surface area contributed by atoms with Crippen LogP contribution in [0.3, 0.4) is 0 Å². The van der Waals surface area contributed by atoms with E-state index in [4.69, 9.17) is 14.5 Å². The van der Waals surface area contributed by atoms with Gasteiger partial charge in [0.2, 0.25) is 5.88 Å². The Bertz CT molecular complexity index is 1810. The minimum absolute atomic E-state index is 0.0407. The highest BCUT2D eigenvalue weighted by molar-refractivity contribution is 6.04. The summed E-state index contributed by atoms with van der Waals surface area (Å²) >= 11 is 0. The monoisotopic (exact) mass is 646 g/mol. The van der Waals surface area contributed by atoms with E-state index in [2.05, 4.69) is 24.9 Å². The van der Waals surface area contributed by atoms with Gasteiger partial charge in [0, 0.05) is 37.1 Å². The summed E-state index contributed by atoms with van der Waals surface area (Å²) in [7, 11) is 1.31. The number of alkyl halides is 3. The highest BCUT2D eigenvalue weighted by Gasteiger charge is 2.45. The average Bonchev–Trinajstić information content (AvgIpc) is 3.62. The van der Waals surface area contributed by atoms with Gasteiger partial charge in [0.15, 0.2) is 17.4 Å². The Morgan fingerprint density at radius 3 is 2.41 bits per heavy atom. The van der Waals surface area contributed by atoms with E-state index in [-0.39, 0.29) is 39.3 Å². The third-order valence-corrected chi connectivity index (χ3v) is 9.08. The maximum Gasteiger partial charge on any atom is 0.573 e. The molecule has 4 aromatic rings. The van der Waals surface area contributed by atoms with Gasteiger partial charge in [0.1, 0.15) is 34.8 Å². The highest BCUT2D eigenvalue weighted by atomic mass is 19.4. The first-order valence-corrected chi connectivity index (χ1v) is 15.1. The van der Waals surface area contributed by atoms with Crippen molar-refractivity contribution in [2.24, 2.45) is 0 Å². The number of benzene rings is 2. The lowest BCUT2D eigenvalue weighted by atomic mass is 9.95. The summed E-state index contributed by atoms with van der Waals surface area (Å²) in [6.45, 7) is 4.61. The van der Waals surface area contributed by atoms with Crippen molar-refractivity contribution in [1.82, 2.24) is 25.2 Å². The Labute approximate surface area is 260 Å². The average molecular weight is 647 g/mol.